The number of hydrogen-bond acceptors (Lipinski definition) is 1. The van der Waals surface area contributed by atoms with Crippen molar-refractivity contribution in [3.05, 3.63) is 23.3 Å². The highest BCUT2D eigenvalue weighted by Gasteiger charge is 2.11. The molecular formula is C11H17NO. The van der Waals surface area contributed by atoms with Crippen molar-refractivity contribution in [2.24, 2.45) is 0 Å². The zero-order valence-corrected chi connectivity index (χ0v) is 8.39. The second-order valence-corrected chi connectivity index (χ2v) is 3.49. The van der Waals surface area contributed by atoms with Crippen molar-refractivity contribution in [3.63, 3.8) is 0 Å². The fourth-order valence-electron chi connectivity index (χ4n) is 1.31. The normalized spacial score (nSPS) is 15.2. The van der Waals surface area contributed by atoms with Gasteiger partial charge in [0.2, 0.25) is 5.91 Å². The quantitative estimate of drug-likeness (QED) is 0.658. The van der Waals surface area contributed by atoms with Crippen LogP contribution in [0.25, 0.3) is 0 Å². The Morgan fingerprint density at radius 3 is 2.85 bits per heavy atom. The van der Waals surface area contributed by atoms with Gasteiger partial charge < -0.3 is 5.32 Å². The summed E-state index contributed by atoms with van der Waals surface area (Å²) in [5.74, 6) is 0.0987. The second-order valence-electron chi connectivity index (χ2n) is 3.49. The minimum absolute atomic E-state index is 0.0987. The van der Waals surface area contributed by atoms with Gasteiger partial charge in [-0.25, -0.2) is 0 Å². The van der Waals surface area contributed by atoms with Gasteiger partial charge in [-0.05, 0) is 19.8 Å². The molecule has 72 valence electrons. The summed E-state index contributed by atoms with van der Waals surface area (Å²) in [4.78, 5) is 11.5. The van der Waals surface area contributed by atoms with Gasteiger partial charge in [0.1, 0.15) is 0 Å². The van der Waals surface area contributed by atoms with E-state index in [2.05, 4.69) is 12.2 Å². The molecule has 0 fully saturated rings. The second kappa shape index (κ2) is 4.85. The van der Waals surface area contributed by atoms with Crippen molar-refractivity contribution in [2.45, 2.75) is 33.1 Å². The Morgan fingerprint density at radius 1 is 1.54 bits per heavy atom. The van der Waals surface area contributed by atoms with E-state index in [-0.39, 0.29) is 5.91 Å². The van der Waals surface area contributed by atoms with Crippen LogP contribution in [0.2, 0.25) is 0 Å². The number of carbonyl (C=O) groups is 1. The van der Waals surface area contributed by atoms with Gasteiger partial charge in [0.25, 0.3) is 0 Å². The van der Waals surface area contributed by atoms with Gasteiger partial charge >= 0.3 is 0 Å². The monoisotopic (exact) mass is 179 g/mol. The molecule has 1 N–H and O–H groups in total. The third kappa shape index (κ3) is 3.05. The molecule has 13 heavy (non-hydrogen) atoms. The predicted molar refractivity (Wildman–Crippen MR) is 54.4 cm³/mol. The lowest BCUT2D eigenvalue weighted by Gasteiger charge is -2.04. The summed E-state index contributed by atoms with van der Waals surface area (Å²) in [5.41, 5.74) is 2.16. The van der Waals surface area contributed by atoms with E-state index in [1.807, 2.05) is 19.1 Å². The number of rotatable bonds is 4. The van der Waals surface area contributed by atoms with E-state index < -0.39 is 0 Å². The first-order valence-electron chi connectivity index (χ1n) is 4.88. The number of allylic oxidation sites excluding steroid dienone is 3. The van der Waals surface area contributed by atoms with Gasteiger partial charge in [0, 0.05) is 12.1 Å². The molecule has 0 aromatic carbocycles. The molecule has 0 heterocycles. The largest absolute Gasteiger partial charge is 0.352 e. The molecule has 0 saturated heterocycles. The Morgan fingerprint density at radius 2 is 2.31 bits per heavy atom. The van der Waals surface area contributed by atoms with Gasteiger partial charge in [-0.3, -0.25) is 4.79 Å². The Bertz CT molecular complexity index is 251. The Balaban J connectivity index is 2.26. The molecule has 0 saturated carbocycles. The lowest BCUT2D eigenvalue weighted by molar-refractivity contribution is -0.117. The molecule has 1 amide bonds. The molecule has 0 aliphatic heterocycles. The zero-order valence-electron chi connectivity index (χ0n) is 8.39. The van der Waals surface area contributed by atoms with E-state index in [9.17, 15) is 4.79 Å². The van der Waals surface area contributed by atoms with E-state index in [1.54, 1.807) is 0 Å². The minimum Gasteiger partial charge on any atom is -0.352 e. The Hall–Kier alpha value is -1.05. The summed E-state index contributed by atoms with van der Waals surface area (Å²) in [6.07, 6.45) is 6.92. The molecule has 0 atom stereocenters. The van der Waals surface area contributed by atoms with Crippen LogP contribution in [0.1, 0.15) is 33.1 Å². The highest BCUT2D eigenvalue weighted by Crippen LogP contribution is 2.17. The molecule has 2 nitrogen and oxygen atoms in total. The van der Waals surface area contributed by atoms with E-state index in [0.29, 0.717) is 0 Å². The van der Waals surface area contributed by atoms with Crippen molar-refractivity contribution in [1.29, 1.82) is 0 Å². The van der Waals surface area contributed by atoms with E-state index in [0.717, 1.165) is 31.4 Å². The summed E-state index contributed by atoms with van der Waals surface area (Å²) in [7, 11) is 0. The molecule has 1 aliphatic carbocycles. The summed E-state index contributed by atoms with van der Waals surface area (Å²) in [5, 5.41) is 2.91. The van der Waals surface area contributed by atoms with E-state index in [4.69, 9.17) is 0 Å². The minimum atomic E-state index is 0.0987. The molecule has 1 aliphatic rings. The Kier molecular flexibility index (Phi) is 3.74. The van der Waals surface area contributed by atoms with Crippen molar-refractivity contribution < 1.29 is 4.79 Å². The van der Waals surface area contributed by atoms with Crippen LogP contribution >= 0.6 is 0 Å². The van der Waals surface area contributed by atoms with Crippen LogP contribution in [0.4, 0.5) is 0 Å². The standard InChI is InChI=1S/C11H17NO/c1-3-4-7-12-11(13)10-6-5-9(2)8-10/h5-6H,3-4,7-8H2,1-2H3,(H,12,13). The van der Waals surface area contributed by atoms with Crippen LogP contribution < -0.4 is 5.32 Å². The molecule has 0 bridgehead atoms. The summed E-state index contributed by atoms with van der Waals surface area (Å²) in [6, 6.07) is 0. The van der Waals surface area contributed by atoms with Gasteiger partial charge in [0.15, 0.2) is 0 Å². The lowest BCUT2D eigenvalue weighted by Crippen LogP contribution is -2.25. The fraction of sp³-hybridized carbons (Fsp3) is 0.545. The molecule has 0 spiro atoms. The van der Waals surface area contributed by atoms with E-state index in [1.165, 1.54) is 5.57 Å². The summed E-state index contributed by atoms with van der Waals surface area (Å²) < 4.78 is 0. The van der Waals surface area contributed by atoms with Crippen molar-refractivity contribution >= 4 is 5.91 Å². The zero-order chi connectivity index (χ0) is 9.68. The van der Waals surface area contributed by atoms with Gasteiger partial charge in [-0.15, -0.1) is 0 Å². The maximum Gasteiger partial charge on any atom is 0.247 e. The summed E-state index contributed by atoms with van der Waals surface area (Å²) >= 11 is 0. The van der Waals surface area contributed by atoms with E-state index >= 15 is 0 Å². The topological polar surface area (TPSA) is 29.1 Å². The van der Waals surface area contributed by atoms with Gasteiger partial charge in [-0.2, -0.15) is 0 Å². The molecule has 0 aromatic heterocycles. The SMILES string of the molecule is CCCCNC(=O)C1=CC=C(C)C1. The third-order valence-electron chi connectivity index (χ3n) is 2.15. The van der Waals surface area contributed by atoms with Crippen molar-refractivity contribution in [2.75, 3.05) is 6.54 Å². The first kappa shape index (κ1) is 10.0. The average molecular weight is 179 g/mol. The molecular weight excluding hydrogens is 162 g/mol. The fourth-order valence-corrected chi connectivity index (χ4v) is 1.31. The summed E-state index contributed by atoms with van der Waals surface area (Å²) in [6.45, 7) is 4.96. The molecule has 0 radical (unpaired) electrons. The smallest absolute Gasteiger partial charge is 0.247 e. The van der Waals surface area contributed by atoms with Gasteiger partial charge in [-0.1, -0.05) is 31.1 Å². The Labute approximate surface area is 79.7 Å². The number of hydrogen-bond donors (Lipinski definition) is 1. The molecule has 0 aromatic rings. The molecule has 0 unspecified atom stereocenters. The maximum absolute atomic E-state index is 11.5. The van der Waals surface area contributed by atoms with Crippen molar-refractivity contribution in [3.8, 4) is 0 Å². The van der Waals surface area contributed by atoms with Crippen LogP contribution in [0.5, 0.6) is 0 Å². The number of nitrogens with one attached hydrogen (secondary N) is 1. The lowest BCUT2D eigenvalue weighted by atomic mass is 10.1. The number of carbonyl (C=O) groups excluding carboxylic acids is 1. The first-order chi connectivity index (χ1) is 6.24. The predicted octanol–water partition coefficient (Wildman–Crippen LogP) is 2.18. The third-order valence-corrected chi connectivity index (χ3v) is 2.15. The number of amides is 1. The van der Waals surface area contributed by atoms with Crippen LogP contribution in [0, 0.1) is 0 Å². The van der Waals surface area contributed by atoms with Crippen LogP contribution in [-0.4, -0.2) is 12.5 Å². The first-order valence-corrected chi connectivity index (χ1v) is 4.88. The highest BCUT2D eigenvalue weighted by atomic mass is 16.1. The highest BCUT2D eigenvalue weighted by molar-refractivity contribution is 5.94. The van der Waals surface area contributed by atoms with Gasteiger partial charge in [0.05, 0.1) is 0 Å². The van der Waals surface area contributed by atoms with Crippen molar-refractivity contribution in [1.82, 2.24) is 5.32 Å². The number of unbranched alkanes of at least 4 members (excludes halogenated alkanes) is 1. The van der Waals surface area contributed by atoms with Crippen LogP contribution in [0.3, 0.4) is 0 Å². The van der Waals surface area contributed by atoms with Crippen LogP contribution in [0.15, 0.2) is 23.3 Å². The van der Waals surface area contributed by atoms with Crippen LogP contribution in [-0.2, 0) is 4.79 Å². The molecule has 2 heteroatoms. The average Bonchev–Trinajstić information content (AvgIpc) is 2.52. The molecule has 1 rings (SSSR count). The maximum atomic E-state index is 11.5.